The van der Waals surface area contributed by atoms with E-state index in [1.165, 1.54) is 11.1 Å². The number of carbonyl (C=O) groups is 1. The molecule has 0 aromatic heterocycles. The zero-order valence-electron chi connectivity index (χ0n) is 16.5. The number of hydrogen-bond acceptors (Lipinski definition) is 2. The Balaban J connectivity index is 1.77. The van der Waals surface area contributed by atoms with E-state index in [9.17, 15) is 4.79 Å². The molecule has 0 fully saturated rings. The number of aryl methyl sites for hydroxylation is 2. The standard InChI is InChI=1S/C24H27NO2/c1-5-22(27-23-12-8-10-19-9-6-7-11-20(19)23)24(26)25-18(4)21-15-16(2)13-14-17(21)3/h6-15,18,22H,5H2,1-4H3,(H,25,26)/t18-,22-/m0/s1. The van der Waals surface area contributed by atoms with E-state index in [1.807, 2.05) is 56.3 Å². The maximum atomic E-state index is 12.9. The number of nitrogens with one attached hydrogen (secondary N) is 1. The average molecular weight is 361 g/mol. The zero-order valence-corrected chi connectivity index (χ0v) is 16.5. The Morgan fingerprint density at radius 2 is 1.78 bits per heavy atom. The molecule has 0 saturated carbocycles. The van der Waals surface area contributed by atoms with Crippen molar-refractivity contribution in [3.8, 4) is 5.75 Å². The van der Waals surface area contributed by atoms with Gasteiger partial charge in [0.25, 0.3) is 5.91 Å². The fraction of sp³-hybridized carbons (Fsp3) is 0.292. The second-order valence-electron chi connectivity index (χ2n) is 7.08. The molecule has 0 aliphatic carbocycles. The summed E-state index contributed by atoms with van der Waals surface area (Å²) in [4.78, 5) is 12.9. The molecule has 0 bridgehead atoms. The Labute approximate surface area is 161 Å². The molecule has 0 unspecified atom stereocenters. The van der Waals surface area contributed by atoms with Gasteiger partial charge in [-0.1, -0.05) is 67.1 Å². The Bertz CT molecular complexity index is 943. The van der Waals surface area contributed by atoms with Crippen molar-refractivity contribution < 1.29 is 9.53 Å². The van der Waals surface area contributed by atoms with Gasteiger partial charge in [0, 0.05) is 5.39 Å². The van der Waals surface area contributed by atoms with Crippen LogP contribution in [0.15, 0.2) is 60.7 Å². The first kappa shape index (κ1) is 19.0. The van der Waals surface area contributed by atoms with Crippen LogP contribution in [-0.4, -0.2) is 12.0 Å². The van der Waals surface area contributed by atoms with Crippen molar-refractivity contribution in [2.24, 2.45) is 0 Å². The van der Waals surface area contributed by atoms with Gasteiger partial charge in [-0.2, -0.15) is 0 Å². The first-order chi connectivity index (χ1) is 13.0. The highest BCUT2D eigenvalue weighted by molar-refractivity contribution is 5.89. The molecule has 1 N–H and O–H groups in total. The molecular weight excluding hydrogens is 334 g/mol. The quantitative estimate of drug-likeness (QED) is 0.630. The maximum absolute atomic E-state index is 12.9. The van der Waals surface area contributed by atoms with Gasteiger partial charge in [-0.05, 0) is 49.8 Å². The molecule has 0 saturated heterocycles. The number of benzene rings is 3. The minimum Gasteiger partial charge on any atom is -0.480 e. The molecule has 27 heavy (non-hydrogen) atoms. The third-order valence-corrected chi connectivity index (χ3v) is 4.94. The van der Waals surface area contributed by atoms with E-state index in [-0.39, 0.29) is 11.9 Å². The van der Waals surface area contributed by atoms with Crippen molar-refractivity contribution in [1.82, 2.24) is 5.32 Å². The number of amides is 1. The number of hydrogen-bond donors (Lipinski definition) is 1. The number of rotatable bonds is 6. The third-order valence-electron chi connectivity index (χ3n) is 4.94. The van der Waals surface area contributed by atoms with E-state index >= 15 is 0 Å². The zero-order chi connectivity index (χ0) is 19.4. The van der Waals surface area contributed by atoms with Crippen molar-refractivity contribution in [3.05, 3.63) is 77.4 Å². The van der Waals surface area contributed by atoms with Crippen molar-refractivity contribution >= 4 is 16.7 Å². The molecule has 0 heterocycles. The molecule has 0 radical (unpaired) electrons. The first-order valence-electron chi connectivity index (χ1n) is 9.51. The largest absolute Gasteiger partial charge is 0.480 e. The molecule has 1 amide bonds. The predicted octanol–water partition coefficient (Wildman–Crippen LogP) is 5.49. The van der Waals surface area contributed by atoms with Crippen LogP contribution >= 0.6 is 0 Å². The van der Waals surface area contributed by atoms with E-state index in [1.54, 1.807) is 0 Å². The fourth-order valence-corrected chi connectivity index (χ4v) is 3.38. The monoisotopic (exact) mass is 361 g/mol. The van der Waals surface area contributed by atoms with Gasteiger partial charge >= 0.3 is 0 Å². The SMILES string of the molecule is CC[C@H](Oc1cccc2ccccc12)C(=O)N[C@@H](C)c1cc(C)ccc1C. The Morgan fingerprint density at radius 3 is 2.56 bits per heavy atom. The highest BCUT2D eigenvalue weighted by Gasteiger charge is 2.22. The summed E-state index contributed by atoms with van der Waals surface area (Å²) >= 11 is 0. The predicted molar refractivity (Wildman–Crippen MR) is 111 cm³/mol. The highest BCUT2D eigenvalue weighted by Crippen LogP contribution is 2.27. The van der Waals surface area contributed by atoms with Crippen molar-refractivity contribution in [2.45, 2.75) is 46.3 Å². The molecule has 3 aromatic rings. The van der Waals surface area contributed by atoms with Crippen LogP contribution in [0.1, 0.15) is 43.0 Å². The molecule has 0 aliphatic heterocycles. The van der Waals surface area contributed by atoms with Gasteiger partial charge in [0.1, 0.15) is 5.75 Å². The van der Waals surface area contributed by atoms with Crippen LogP contribution in [-0.2, 0) is 4.79 Å². The highest BCUT2D eigenvalue weighted by atomic mass is 16.5. The van der Waals surface area contributed by atoms with Gasteiger partial charge in [0.05, 0.1) is 6.04 Å². The number of carbonyl (C=O) groups excluding carboxylic acids is 1. The van der Waals surface area contributed by atoms with Crippen molar-refractivity contribution in [1.29, 1.82) is 0 Å². The van der Waals surface area contributed by atoms with Gasteiger partial charge in [0.2, 0.25) is 0 Å². The molecule has 2 atom stereocenters. The second-order valence-corrected chi connectivity index (χ2v) is 7.08. The molecular formula is C24H27NO2. The average Bonchev–Trinajstić information content (AvgIpc) is 2.67. The fourth-order valence-electron chi connectivity index (χ4n) is 3.38. The van der Waals surface area contributed by atoms with Crippen molar-refractivity contribution in [3.63, 3.8) is 0 Å². The molecule has 0 aliphatic rings. The summed E-state index contributed by atoms with van der Waals surface area (Å²) in [5.41, 5.74) is 3.51. The summed E-state index contributed by atoms with van der Waals surface area (Å²) in [5, 5.41) is 5.25. The Hall–Kier alpha value is -2.81. The minimum atomic E-state index is -0.525. The molecule has 140 valence electrons. The van der Waals surface area contributed by atoms with E-state index in [4.69, 9.17) is 4.74 Å². The van der Waals surface area contributed by atoms with Crippen LogP contribution in [0.4, 0.5) is 0 Å². The van der Waals surface area contributed by atoms with E-state index in [0.717, 1.165) is 22.1 Å². The van der Waals surface area contributed by atoms with Crippen LogP contribution < -0.4 is 10.1 Å². The summed E-state index contributed by atoms with van der Waals surface area (Å²) in [6.45, 7) is 8.12. The normalized spacial score (nSPS) is 13.2. The summed E-state index contributed by atoms with van der Waals surface area (Å²) < 4.78 is 6.12. The van der Waals surface area contributed by atoms with Crippen LogP contribution in [0.5, 0.6) is 5.75 Å². The lowest BCUT2D eigenvalue weighted by atomic mass is 10.00. The van der Waals surface area contributed by atoms with Crippen LogP contribution in [0.25, 0.3) is 10.8 Å². The van der Waals surface area contributed by atoms with E-state index < -0.39 is 6.10 Å². The maximum Gasteiger partial charge on any atom is 0.261 e. The molecule has 3 rings (SSSR count). The first-order valence-corrected chi connectivity index (χ1v) is 9.51. The summed E-state index contributed by atoms with van der Waals surface area (Å²) in [5.74, 6) is 0.660. The van der Waals surface area contributed by atoms with Gasteiger partial charge < -0.3 is 10.1 Å². The van der Waals surface area contributed by atoms with E-state index in [0.29, 0.717) is 6.42 Å². The molecule has 3 aromatic carbocycles. The lowest BCUT2D eigenvalue weighted by Crippen LogP contribution is -2.39. The van der Waals surface area contributed by atoms with E-state index in [2.05, 4.69) is 37.4 Å². The number of fused-ring (bicyclic) bond motifs is 1. The lowest BCUT2D eigenvalue weighted by molar-refractivity contribution is -0.128. The van der Waals surface area contributed by atoms with Gasteiger partial charge in [0.15, 0.2) is 6.10 Å². The Morgan fingerprint density at radius 1 is 1.04 bits per heavy atom. The summed E-state index contributed by atoms with van der Waals surface area (Å²) in [6, 6.07) is 20.2. The second kappa shape index (κ2) is 8.26. The topological polar surface area (TPSA) is 38.3 Å². The summed E-state index contributed by atoms with van der Waals surface area (Å²) in [7, 11) is 0. The molecule has 3 heteroatoms. The van der Waals surface area contributed by atoms with Crippen LogP contribution in [0.2, 0.25) is 0 Å². The van der Waals surface area contributed by atoms with Gasteiger partial charge in [-0.25, -0.2) is 0 Å². The number of ether oxygens (including phenoxy) is 1. The van der Waals surface area contributed by atoms with Gasteiger partial charge in [-0.15, -0.1) is 0 Å². The lowest BCUT2D eigenvalue weighted by Gasteiger charge is -2.22. The van der Waals surface area contributed by atoms with Crippen LogP contribution in [0.3, 0.4) is 0 Å². The van der Waals surface area contributed by atoms with Crippen molar-refractivity contribution in [2.75, 3.05) is 0 Å². The molecule has 3 nitrogen and oxygen atoms in total. The smallest absolute Gasteiger partial charge is 0.261 e. The summed E-state index contributed by atoms with van der Waals surface area (Å²) in [6.07, 6.45) is 0.0811. The Kier molecular flexibility index (Phi) is 5.80. The van der Waals surface area contributed by atoms with Crippen LogP contribution in [0, 0.1) is 13.8 Å². The molecule has 0 spiro atoms. The van der Waals surface area contributed by atoms with Gasteiger partial charge in [-0.3, -0.25) is 4.79 Å². The third kappa shape index (κ3) is 4.30. The minimum absolute atomic E-state index is 0.0671.